The molecule has 0 bridgehead atoms. The minimum absolute atomic E-state index is 0.136. The zero-order valence-corrected chi connectivity index (χ0v) is 18.5. The summed E-state index contributed by atoms with van der Waals surface area (Å²) in [6.07, 6.45) is 6.28. The molecule has 2 N–H and O–H groups in total. The third-order valence-electron chi connectivity index (χ3n) is 6.11. The second-order valence-corrected chi connectivity index (χ2v) is 8.35. The van der Waals surface area contributed by atoms with Crippen LogP contribution in [0.15, 0.2) is 47.4 Å². The van der Waals surface area contributed by atoms with Crippen LogP contribution in [-0.4, -0.2) is 27.4 Å². The molecule has 1 aliphatic carbocycles. The first-order valence-corrected chi connectivity index (χ1v) is 11.1. The van der Waals surface area contributed by atoms with E-state index in [2.05, 4.69) is 15.6 Å². The second-order valence-electron chi connectivity index (χ2n) is 8.35. The van der Waals surface area contributed by atoms with E-state index in [0.717, 1.165) is 48.9 Å². The van der Waals surface area contributed by atoms with Gasteiger partial charge in [0.15, 0.2) is 0 Å². The van der Waals surface area contributed by atoms with Gasteiger partial charge in [0.05, 0.1) is 17.2 Å². The van der Waals surface area contributed by atoms with E-state index in [9.17, 15) is 14.4 Å². The van der Waals surface area contributed by atoms with Gasteiger partial charge in [-0.25, -0.2) is 4.98 Å². The number of aryl methyl sites for hydroxylation is 2. The minimum atomic E-state index is -0.365. The van der Waals surface area contributed by atoms with Gasteiger partial charge in [0, 0.05) is 17.3 Å². The van der Waals surface area contributed by atoms with Gasteiger partial charge >= 0.3 is 0 Å². The lowest BCUT2D eigenvalue weighted by atomic mass is 10.1. The minimum Gasteiger partial charge on any atom is -0.349 e. The number of fused-ring (bicyclic) bond motifs is 1. The average molecular weight is 433 g/mol. The summed E-state index contributed by atoms with van der Waals surface area (Å²) in [4.78, 5) is 42.1. The van der Waals surface area contributed by atoms with E-state index in [4.69, 9.17) is 0 Å². The summed E-state index contributed by atoms with van der Waals surface area (Å²) in [7, 11) is 0. The van der Waals surface area contributed by atoms with Gasteiger partial charge in [0.2, 0.25) is 5.91 Å². The van der Waals surface area contributed by atoms with Crippen LogP contribution in [0.3, 0.4) is 0 Å². The predicted molar refractivity (Wildman–Crippen MR) is 125 cm³/mol. The number of amides is 2. The number of rotatable bonds is 6. The van der Waals surface area contributed by atoms with Gasteiger partial charge in [0.25, 0.3) is 11.5 Å². The molecule has 0 saturated heterocycles. The highest BCUT2D eigenvalue weighted by molar-refractivity contribution is 5.98. The number of hydrogen-bond acceptors (Lipinski definition) is 4. The molecule has 0 spiro atoms. The van der Waals surface area contributed by atoms with Crippen molar-refractivity contribution in [1.82, 2.24) is 14.9 Å². The van der Waals surface area contributed by atoms with Crippen molar-refractivity contribution >= 4 is 28.5 Å². The number of hydrogen-bond donors (Lipinski definition) is 2. The maximum atomic E-state index is 12.8. The Labute approximate surface area is 186 Å². The molecule has 3 aromatic rings. The number of aromatic nitrogens is 2. The molecule has 1 saturated carbocycles. The zero-order chi connectivity index (χ0) is 22.7. The Morgan fingerprint density at radius 1 is 1.16 bits per heavy atom. The van der Waals surface area contributed by atoms with E-state index in [1.807, 2.05) is 32.0 Å². The van der Waals surface area contributed by atoms with Crippen LogP contribution in [0.2, 0.25) is 0 Å². The fraction of sp³-hybridized carbons (Fsp3) is 0.360. The van der Waals surface area contributed by atoms with Gasteiger partial charge in [0.1, 0.15) is 6.54 Å². The summed E-state index contributed by atoms with van der Waals surface area (Å²) in [5.41, 5.74) is 3.96. The molecule has 7 nitrogen and oxygen atoms in total. The summed E-state index contributed by atoms with van der Waals surface area (Å²) in [5, 5.41) is 6.02. The SMILES string of the molecule is CCc1cccc(C)c1NC(=O)Cn1c(=O)cnc2cc(C(=O)NC3CCCC3)ccc21. The number of carbonyl (C=O) groups is 2. The molecule has 7 heteroatoms. The van der Waals surface area contributed by atoms with E-state index < -0.39 is 0 Å². The van der Waals surface area contributed by atoms with Crippen LogP contribution >= 0.6 is 0 Å². The first-order valence-electron chi connectivity index (χ1n) is 11.1. The van der Waals surface area contributed by atoms with Crippen molar-refractivity contribution in [3.8, 4) is 0 Å². The maximum Gasteiger partial charge on any atom is 0.269 e. The Bertz CT molecular complexity index is 1230. The monoisotopic (exact) mass is 432 g/mol. The molecule has 4 rings (SSSR count). The summed E-state index contributed by atoms with van der Waals surface area (Å²) in [6, 6.07) is 11.1. The molecule has 0 aliphatic heterocycles. The molecule has 2 aromatic carbocycles. The topological polar surface area (TPSA) is 93.1 Å². The lowest BCUT2D eigenvalue weighted by molar-refractivity contribution is -0.116. The number of benzene rings is 2. The van der Waals surface area contributed by atoms with Gasteiger partial charge in [-0.2, -0.15) is 0 Å². The van der Waals surface area contributed by atoms with E-state index in [-0.39, 0.29) is 30.0 Å². The largest absolute Gasteiger partial charge is 0.349 e. The Balaban J connectivity index is 1.57. The second kappa shape index (κ2) is 9.34. The molecule has 2 amide bonds. The highest BCUT2D eigenvalue weighted by Crippen LogP contribution is 2.22. The van der Waals surface area contributed by atoms with Gasteiger partial charge in [-0.15, -0.1) is 0 Å². The van der Waals surface area contributed by atoms with Crippen molar-refractivity contribution in [2.45, 2.75) is 58.5 Å². The fourth-order valence-electron chi connectivity index (χ4n) is 4.34. The quantitative estimate of drug-likeness (QED) is 0.623. The third kappa shape index (κ3) is 4.56. The van der Waals surface area contributed by atoms with Crippen molar-refractivity contribution in [3.63, 3.8) is 0 Å². The molecule has 0 atom stereocenters. The van der Waals surface area contributed by atoms with Crippen molar-refractivity contribution in [2.75, 3.05) is 5.32 Å². The molecule has 1 heterocycles. The molecule has 0 radical (unpaired) electrons. The molecular weight excluding hydrogens is 404 g/mol. The Hall–Kier alpha value is -3.48. The number of nitrogens with one attached hydrogen (secondary N) is 2. The predicted octanol–water partition coefficient (Wildman–Crippen LogP) is 3.58. The smallest absolute Gasteiger partial charge is 0.269 e. The average Bonchev–Trinajstić information content (AvgIpc) is 3.29. The van der Waals surface area contributed by atoms with Gasteiger partial charge in [-0.3, -0.25) is 19.0 Å². The Morgan fingerprint density at radius 2 is 1.94 bits per heavy atom. The van der Waals surface area contributed by atoms with Crippen molar-refractivity contribution in [3.05, 3.63) is 69.6 Å². The molecule has 166 valence electrons. The van der Waals surface area contributed by atoms with Crippen LogP contribution in [0.25, 0.3) is 11.0 Å². The van der Waals surface area contributed by atoms with E-state index >= 15 is 0 Å². The summed E-state index contributed by atoms with van der Waals surface area (Å²) < 4.78 is 1.39. The lowest BCUT2D eigenvalue weighted by Crippen LogP contribution is -2.32. The Morgan fingerprint density at radius 3 is 2.69 bits per heavy atom. The van der Waals surface area contributed by atoms with Crippen LogP contribution in [-0.2, 0) is 17.8 Å². The van der Waals surface area contributed by atoms with Crippen LogP contribution in [0, 0.1) is 6.92 Å². The molecule has 1 aromatic heterocycles. The van der Waals surface area contributed by atoms with Crippen molar-refractivity contribution in [1.29, 1.82) is 0 Å². The number of carbonyl (C=O) groups excluding carboxylic acids is 2. The van der Waals surface area contributed by atoms with Gasteiger partial charge < -0.3 is 10.6 Å². The molecule has 32 heavy (non-hydrogen) atoms. The standard InChI is InChI=1S/C25H28N4O3/c1-3-17-8-6-7-16(2)24(17)28-22(30)15-29-21-12-11-18(13-20(21)26-14-23(29)31)25(32)27-19-9-4-5-10-19/h6-8,11-14,19H,3-5,9-10,15H2,1-2H3,(H,27,32)(H,28,30). The van der Waals surface area contributed by atoms with E-state index in [0.29, 0.717) is 16.6 Å². The van der Waals surface area contributed by atoms with E-state index in [1.54, 1.807) is 18.2 Å². The number of para-hydroxylation sites is 1. The summed E-state index contributed by atoms with van der Waals surface area (Å²) in [6.45, 7) is 3.84. The number of anilines is 1. The first kappa shape index (κ1) is 21.7. The molecule has 1 aliphatic rings. The molecule has 1 fully saturated rings. The molecular formula is C25H28N4O3. The van der Waals surface area contributed by atoms with Crippen LogP contribution in [0.4, 0.5) is 5.69 Å². The maximum absolute atomic E-state index is 12.8. The molecule has 0 unspecified atom stereocenters. The van der Waals surface area contributed by atoms with Crippen molar-refractivity contribution < 1.29 is 9.59 Å². The number of nitrogens with zero attached hydrogens (tertiary/aromatic N) is 2. The highest BCUT2D eigenvalue weighted by Gasteiger charge is 2.19. The highest BCUT2D eigenvalue weighted by atomic mass is 16.2. The third-order valence-corrected chi connectivity index (χ3v) is 6.11. The summed E-state index contributed by atoms with van der Waals surface area (Å²) >= 11 is 0. The first-order chi connectivity index (χ1) is 15.5. The van der Waals surface area contributed by atoms with Crippen LogP contribution in [0.5, 0.6) is 0 Å². The normalized spacial score (nSPS) is 13.9. The Kier molecular flexibility index (Phi) is 6.35. The van der Waals surface area contributed by atoms with Gasteiger partial charge in [-0.05, 0) is 55.5 Å². The van der Waals surface area contributed by atoms with Crippen LogP contribution in [0.1, 0.15) is 54.1 Å². The summed E-state index contributed by atoms with van der Waals surface area (Å²) in [5.74, 6) is -0.422. The fourth-order valence-corrected chi connectivity index (χ4v) is 4.34. The lowest BCUT2D eigenvalue weighted by Gasteiger charge is -2.15. The van der Waals surface area contributed by atoms with E-state index in [1.165, 1.54) is 10.8 Å². The van der Waals surface area contributed by atoms with Gasteiger partial charge in [-0.1, -0.05) is 38.0 Å². The zero-order valence-electron chi connectivity index (χ0n) is 18.5. The van der Waals surface area contributed by atoms with Crippen LogP contribution < -0.4 is 16.2 Å². The van der Waals surface area contributed by atoms with Crippen molar-refractivity contribution in [2.24, 2.45) is 0 Å².